The molecule has 0 aliphatic carbocycles. The number of nitrogens with zero attached hydrogens (tertiary/aromatic N) is 3. The van der Waals surface area contributed by atoms with Gasteiger partial charge in [0.05, 0.1) is 11.0 Å². The van der Waals surface area contributed by atoms with Gasteiger partial charge in [0.25, 0.3) is 0 Å². The third-order valence-corrected chi connectivity index (χ3v) is 6.82. The summed E-state index contributed by atoms with van der Waals surface area (Å²) < 4.78 is 44.4. The van der Waals surface area contributed by atoms with Gasteiger partial charge >= 0.3 is 12.1 Å². The molecule has 3 aromatic rings. The molecule has 1 fully saturated rings. The Balaban J connectivity index is 1.34. The fourth-order valence-electron chi connectivity index (χ4n) is 5.08. The number of ether oxygens (including phenoxy) is 1. The highest BCUT2D eigenvalue weighted by molar-refractivity contribution is 5.78. The van der Waals surface area contributed by atoms with E-state index >= 15 is 0 Å². The van der Waals surface area contributed by atoms with Gasteiger partial charge < -0.3 is 14.7 Å². The second-order valence-electron chi connectivity index (χ2n) is 9.87. The first-order valence-corrected chi connectivity index (χ1v) is 12.6. The highest BCUT2D eigenvalue weighted by atomic mass is 19.4. The van der Waals surface area contributed by atoms with Crippen LogP contribution < -0.4 is 9.64 Å². The molecule has 6 nitrogen and oxygen atoms in total. The van der Waals surface area contributed by atoms with Crippen molar-refractivity contribution in [3.05, 3.63) is 58.8 Å². The third kappa shape index (κ3) is 7.11. The molecule has 0 amide bonds. The monoisotopic (exact) mass is 515 g/mol. The van der Waals surface area contributed by atoms with Gasteiger partial charge in [-0.1, -0.05) is 12.5 Å². The minimum atomic E-state index is -4.48. The summed E-state index contributed by atoms with van der Waals surface area (Å²) in [6.07, 6.45) is 1.76. The van der Waals surface area contributed by atoms with E-state index in [0.29, 0.717) is 17.2 Å². The fourth-order valence-corrected chi connectivity index (χ4v) is 5.08. The van der Waals surface area contributed by atoms with Crippen molar-refractivity contribution in [2.24, 2.45) is 5.92 Å². The molecule has 1 aliphatic heterocycles. The molecular formula is C28H32F3N3O3. The van der Waals surface area contributed by atoms with Crippen molar-refractivity contribution in [1.29, 1.82) is 0 Å². The zero-order chi connectivity index (χ0) is 26.6. The Morgan fingerprint density at radius 2 is 1.89 bits per heavy atom. The number of benzene rings is 1. The highest BCUT2D eigenvalue weighted by Crippen LogP contribution is 2.31. The van der Waals surface area contributed by atoms with Crippen LogP contribution in [0.5, 0.6) is 5.75 Å². The van der Waals surface area contributed by atoms with Crippen molar-refractivity contribution in [2.45, 2.75) is 58.5 Å². The summed E-state index contributed by atoms with van der Waals surface area (Å²) in [6, 6.07) is 9.97. The highest BCUT2D eigenvalue weighted by Gasteiger charge is 2.32. The van der Waals surface area contributed by atoms with Crippen LogP contribution in [0.25, 0.3) is 11.0 Å². The van der Waals surface area contributed by atoms with Crippen molar-refractivity contribution in [2.75, 3.05) is 24.6 Å². The topological polar surface area (TPSA) is 75.5 Å². The minimum Gasteiger partial charge on any atom is -0.482 e. The maximum atomic E-state index is 13.0. The lowest BCUT2D eigenvalue weighted by Crippen LogP contribution is -2.26. The average Bonchev–Trinajstić information content (AvgIpc) is 3.07. The molecule has 1 atom stereocenters. The minimum absolute atomic E-state index is 0.261. The van der Waals surface area contributed by atoms with Crippen molar-refractivity contribution >= 4 is 22.8 Å². The Morgan fingerprint density at radius 1 is 1.08 bits per heavy atom. The lowest BCUT2D eigenvalue weighted by atomic mass is 9.93. The van der Waals surface area contributed by atoms with Crippen LogP contribution in [0.3, 0.4) is 0 Å². The van der Waals surface area contributed by atoms with Crippen molar-refractivity contribution in [3.8, 4) is 5.75 Å². The molecular weight excluding hydrogens is 483 g/mol. The van der Waals surface area contributed by atoms with Gasteiger partial charge in [-0.15, -0.1) is 0 Å². The van der Waals surface area contributed by atoms with Crippen molar-refractivity contribution in [3.63, 3.8) is 0 Å². The van der Waals surface area contributed by atoms with Gasteiger partial charge in [0.1, 0.15) is 17.3 Å². The zero-order valence-corrected chi connectivity index (χ0v) is 21.1. The number of aryl methyl sites for hydroxylation is 3. The smallest absolute Gasteiger partial charge is 0.433 e. The predicted octanol–water partition coefficient (Wildman–Crippen LogP) is 6.36. The number of pyridine rings is 2. The Labute approximate surface area is 214 Å². The molecule has 9 heteroatoms. The fraction of sp³-hybridized carbons (Fsp3) is 0.464. The van der Waals surface area contributed by atoms with E-state index in [2.05, 4.69) is 20.9 Å². The van der Waals surface area contributed by atoms with Crippen molar-refractivity contribution < 1.29 is 27.8 Å². The molecule has 3 heterocycles. The number of aromatic nitrogens is 2. The molecule has 1 saturated heterocycles. The molecule has 0 radical (unpaired) electrons. The lowest BCUT2D eigenvalue weighted by Gasteiger charge is -2.24. The molecule has 1 aromatic carbocycles. The molecule has 2 aromatic heterocycles. The number of hydrogen-bond donors (Lipinski definition) is 1. The first-order chi connectivity index (χ1) is 17.6. The molecule has 4 rings (SSSR count). The van der Waals surface area contributed by atoms with Gasteiger partial charge in [-0.25, -0.2) is 14.8 Å². The van der Waals surface area contributed by atoms with E-state index in [1.165, 1.54) is 6.07 Å². The largest absolute Gasteiger partial charge is 0.482 e. The van der Waals surface area contributed by atoms with Gasteiger partial charge in [0, 0.05) is 13.1 Å². The molecule has 198 valence electrons. The van der Waals surface area contributed by atoms with E-state index in [4.69, 9.17) is 9.84 Å². The maximum Gasteiger partial charge on any atom is 0.433 e. The summed E-state index contributed by atoms with van der Waals surface area (Å²) >= 11 is 0. The van der Waals surface area contributed by atoms with E-state index in [1.54, 1.807) is 6.07 Å². The van der Waals surface area contributed by atoms with Gasteiger partial charge in [-0.3, -0.25) is 0 Å². The molecule has 0 spiro atoms. The van der Waals surface area contributed by atoms with E-state index in [9.17, 15) is 18.0 Å². The van der Waals surface area contributed by atoms with Crippen LogP contribution in [-0.2, 0) is 17.4 Å². The normalized spacial score (nSPS) is 16.6. The number of alkyl halides is 3. The number of hydrogen-bond acceptors (Lipinski definition) is 5. The summed E-state index contributed by atoms with van der Waals surface area (Å²) in [5.74, 6) is 1.01. The SMILES string of the molecule is Cc1cc(CCCC2CCCN(c3nc4ccc(C(F)(F)F)nc4cc3C)CC2)cc(OCC(=O)O)c1. The second-order valence-corrected chi connectivity index (χ2v) is 9.87. The Kier molecular flexibility index (Phi) is 8.19. The number of aliphatic carboxylic acids is 1. The molecule has 1 unspecified atom stereocenters. The number of halogens is 3. The summed E-state index contributed by atoms with van der Waals surface area (Å²) in [5.41, 5.74) is 2.86. The van der Waals surface area contributed by atoms with Crippen LogP contribution in [0.15, 0.2) is 36.4 Å². The summed E-state index contributed by atoms with van der Waals surface area (Å²) in [7, 11) is 0. The van der Waals surface area contributed by atoms with Gasteiger partial charge in [-0.05, 0) is 98.9 Å². The Morgan fingerprint density at radius 3 is 2.65 bits per heavy atom. The van der Waals surface area contributed by atoms with E-state index in [1.807, 2.05) is 26.0 Å². The van der Waals surface area contributed by atoms with Gasteiger partial charge in [-0.2, -0.15) is 13.2 Å². The van der Waals surface area contributed by atoms with Crippen LogP contribution in [0, 0.1) is 19.8 Å². The zero-order valence-electron chi connectivity index (χ0n) is 21.1. The van der Waals surface area contributed by atoms with Crippen LogP contribution in [0.1, 0.15) is 54.5 Å². The van der Waals surface area contributed by atoms with E-state index < -0.39 is 17.8 Å². The van der Waals surface area contributed by atoms with Crippen LogP contribution >= 0.6 is 0 Å². The standard InChI is InChI=1S/C28H32F3N3O3/c1-18-13-21(16-22(14-18)37-17-26(35)36)6-3-5-20-7-4-11-34(12-10-20)27-19(2)15-24-23(33-27)8-9-25(32-24)28(29,30)31/h8-9,13-16,20H,3-7,10-12,17H2,1-2H3,(H,35,36). The van der Waals surface area contributed by atoms with Gasteiger partial charge in [0.15, 0.2) is 6.61 Å². The van der Waals surface area contributed by atoms with Crippen LogP contribution in [0.2, 0.25) is 0 Å². The maximum absolute atomic E-state index is 13.0. The second kappa shape index (κ2) is 11.4. The number of carboxylic acids is 1. The molecule has 0 bridgehead atoms. The molecule has 1 aliphatic rings. The number of carboxylic acid groups (broad SMARTS) is 1. The molecule has 1 N–H and O–H groups in total. The summed E-state index contributed by atoms with van der Waals surface area (Å²) in [5, 5.41) is 8.84. The Hall–Kier alpha value is -3.36. The first kappa shape index (κ1) is 26.7. The van der Waals surface area contributed by atoms with Crippen LogP contribution in [0.4, 0.5) is 19.0 Å². The first-order valence-electron chi connectivity index (χ1n) is 12.6. The van der Waals surface area contributed by atoms with E-state index in [-0.39, 0.29) is 12.1 Å². The number of carbonyl (C=O) groups is 1. The summed E-state index contributed by atoms with van der Waals surface area (Å²) in [6.45, 7) is 5.23. The van der Waals surface area contributed by atoms with E-state index in [0.717, 1.165) is 80.2 Å². The molecule has 37 heavy (non-hydrogen) atoms. The Bertz CT molecular complexity index is 1260. The van der Waals surface area contributed by atoms with Gasteiger partial charge in [0.2, 0.25) is 0 Å². The third-order valence-electron chi connectivity index (χ3n) is 6.82. The van der Waals surface area contributed by atoms with Crippen molar-refractivity contribution in [1.82, 2.24) is 9.97 Å². The predicted molar refractivity (Wildman–Crippen MR) is 136 cm³/mol. The lowest BCUT2D eigenvalue weighted by molar-refractivity contribution is -0.141. The quantitative estimate of drug-likeness (QED) is 0.376. The number of fused-ring (bicyclic) bond motifs is 1. The summed E-state index contributed by atoms with van der Waals surface area (Å²) in [4.78, 5) is 21.5. The number of anilines is 1. The van der Waals surface area contributed by atoms with Crippen LogP contribution in [-0.4, -0.2) is 40.7 Å². The average molecular weight is 516 g/mol. The number of rotatable bonds is 8. The molecule has 0 saturated carbocycles.